The molecule has 0 N–H and O–H groups in total. The maximum absolute atomic E-state index is 5.72. The highest BCUT2D eigenvalue weighted by Crippen LogP contribution is 2.21. The van der Waals surface area contributed by atoms with Crippen molar-refractivity contribution >= 4 is 48.5 Å². The molecule has 0 aromatic carbocycles. The topological polar surface area (TPSA) is 18.5 Å². The maximum atomic E-state index is 5.72. The molecular formula is C10H25BrMgO2Si. The van der Waals surface area contributed by atoms with Crippen molar-refractivity contribution in [2.75, 3.05) is 13.2 Å². The van der Waals surface area contributed by atoms with Gasteiger partial charge in [0, 0.05) is 0 Å². The van der Waals surface area contributed by atoms with Gasteiger partial charge in [-0.3, -0.25) is 0 Å². The van der Waals surface area contributed by atoms with Crippen LogP contribution in [-0.2, 0) is 9.47 Å². The number of alkyl halides is 1. The molecule has 5 heteroatoms. The van der Waals surface area contributed by atoms with E-state index in [9.17, 15) is 0 Å². The summed E-state index contributed by atoms with van der Waals surface area (Å²) in [6, 6.07) is 0. The fourth-order valence-corrected chi connectivity index (χ4v) is 2.00. The van der Waals surface area contributed by atoms with Crippen molar-refractivity contribution in [3.8, 4) is 0 Å². The van der Waals surface area contributed by atoms with Gasteiger partial charge in [-0.05, 0) is 28.8 Å². The zero-order chi connectivity index (χ0) is 10.9. The molecule has 0 aromatic rings. The Labute approximate surface area is 121 Å². The van der Waals surface area contributed by atoms with Crippen LogP contribution in [0.5, 0.6) is 0 Å². The van der Waals surface area contributed by atoms with Gasteiger partial charge in [-0.25, -0.2) is 0 Å². The molecule has 0 aromatic heterocycles. The summed E-state index contributed by atoms with van der Waals surface area (Å²) < 4.78 is 11.0. The summed E-state index contributed by atoms with van der Waals surface area (Å²) in [5.41, 5.74) is 0. The van der Waals surface area contributed by atoms with Crippen LogP contribution in [0.2, 0.25) is 6.55 Å². The zero-order valence-corrected chi connectivity index (χ0v) is 12.6. The van der Waals surface area contributed by atoms with E-state index in [2.05, 4.69) is 36.3 Å². The molecule has 0 aliphatic rings. The van der Waals surface area contributed by atoms with E-state index < -0.39 is 4.32 Å². The van der Waals surface area contributed by atoms with E-state index >= 15 is 0 Å². The van der Waals surface area contributed by atoms with Crippen LogP contribution < -0.4 is 0 Å². The molecule has 0 aliphatic carbocycles. The van der Waals surface area contributed by atoms with E-state index in [1.165, 1.54) is 12.8 Å². The first kappa shape index (κ1) is 18.7. The summed E-state index contributed by atoms with van der Waals surface area (Å²) >= 11 is 3.56. The molecule has 0 saturated carbocycles. The lowest BCUT2D eigenvalue weighted by Gasteiger charge is -2.26. The van der Waals surface area contributed by atoms with Crippen molar-refractivity contribution in [3.05, 3.63) is 0 Å². The number of hydrogen-bond donors (Lipinski definition) is 0. The largest absolute Gasteiger partial charge is 0.345 e. The Kier molecular flexibility index (Phi) is 14.8. The Balaban J connectivity index is 0. The molecule has 0 atom stereocenters. The smallest absolute Gasteiger partial charge is 0.316 e. The van der Waals surface area contributed by atoms with E-state index in [1.54, 1.807) is 0 Å². The Morgan fingerprint density at radius 1 is 1.07 bits per heavy atom. The first-order chi connectivity index (χ1) is 6.68. The SMILES string of the molecule is CCCCOC(Br)(OCCCC)[SiH2]C.[MgH2]. The second kappa shape index (κ2) is 11.9. The highest BCUT2D eigenvalue weighted by molar-refractivity contribution is 9.10. The summed E-state index contributed by atoms with van der Waals surface area (Å²) in [6.07, 6.45) is 4.56. The van der Waals surface area contributed by atoms with Gasteiger partial charge in [0.1, 0.15) is 9.52 Å². The van der Waals surface area contributed by atoms with Crippen LogP contribution in [0.3, 0.4) is 0 Å². The Morgan fingerprint density at radius 3 is 1.73 bits per heavy atom. The fraction of sp³-hybridized carbons (Fsp3) is 1.00. The molecular weight excluding hydrogens is 284 g/mol. The molecule has 0 unspecified atom stereocenters. The molecule has 0 amide bonds. The predicted octanol–water partition coefficient (Wildman–Crippen LogP) is 1.93. The average molecular weight is 310 g/mol. The van der Waals surface area contributed by atoms with Crippen LogP contribution >= 0.6 is 15.9 Å². The fourth-order valence-electron chi connectivity index (χ4n) is 0.984. The number of rotatable bonds is 9. The average Bonchev–Trinajstić information content (AvgIpc) is 2.19. The minimum absolute atomic E-state index is 0. The van der Waals surface area contributed by atoms with Gasteiger partial charge in [-0.1, -0.05) is 33.2 Å². The molecule has 0 radical (unpaired) electrons. The molecule has 15 heavy (non-hydrogen) atoms. The highest BCUT2D eigenvalue weighted by Gasteiger charge is 2.25. The Hall–Kier alpha value is 1.38. The predicted molar refractivity (Wildman–Crippen MR) is 76.3 cm³/mol. The molecule has 0 aliphatic heterocycles. The minimum Gasteiger partial charge on any atom is -0.345 e. The van der Waals surface area contributed by atoms with Gasteiger partial charge >= 0.3 is 23.1 Å². The third-order valence-electron chi connectivity index (χ3n) is 2.05. The van der Waals surface area contributed by atoms with Crippen LogP contribution in [0.15, 0.2) is 0 Å². The standard InChI is InChI=1S/C10H23BrO2Si.Mg.2H/c1-4-6-8-12-10(11,14-3)13-9-7-5-2;;;/h4-9,14H2,1-3H3;;;. The zero-order valence-electron chi connectivity index (χ0n) is 9.64. The molecule has 0 heterocycles. The third-order valence-corrected chi connectivity index (χ3v) is 5.45. The number of unbranched alkanes of at least 4 members (excludes halogenated alkanes) is 2. The molecule has 90 valence electrons. The number of hydrogen-bond acceptors (Lipinski definition) is 2. The van der Waals surface area contributed by atoms with Gasteiger partial charge in [-0.15, -0.1) is 0 Å². The summed E-state index contributed by atoms with van der Waals surface area (Å²) in [5, 5.41) is 0. The minimum atomic E-state index is -0.405. The highest BCUT2D eigenvalue weighted by atomic mass is 79.9. The van der Waals surface area contributed by atoms with Crippen LogP contribution in [0.1, 0.15) is 39.5 Å². The molecule has 2 nitrogen and oxygen atoms in total. The van der Waals surface area contributed by atoms with Crippen molar-refractivity contribution in [2.45, 2.75) is 50.4 Å². The molecule has 0 fully saturated rings. The number of halogens is 1. The third kappa shape index (κ3) is 10.3. The summed E-state index contributed by atoms with van der Waals surface area (Å²) in [7, 11) is -0.352. The van der Waals surface area contributed by atoms with Gasteiger partial charge in [-0.2, -0.15) is 0 Å². The van der Waals surface area contributed by atoms with E-state index in [0.717, 1.165) is 26.1 Å². The van der Waals surface area contributed by atoms with Gasteiger partial charge in [0.2, 0.25) is 0 Å². The van der Waals surface area contributed by atoms with Crippen molar-refractivity contribution in [1.29, 1.82) is 0 Å². The molecule has 0 rings (SSSR count). The van der Waals surface area contributed by atoms with Crippen molar-refractivity contribution < 1.29 is 9.47 Å². The normalized spacial score (nSPS) is 12.0. The first-order valence-corrected chi connectivity index (χ1v) is 8.56. The maximum Gasteiger partial charge on any atom is 0.316 e. The second-order valence-electron chi connectivity index (χ2n) is 3.42. The van der Waals surface area contributed by atoms with E-state index in [0.29, 0.717) is 0 Å². The van der Waals surface area contributed by atoms with Gasteiger partial charge in [0.15, 0.2) is 4.32 Å². The lowest BCUT2D eigenvalue weighted by atomic mass is 10.4. The quantitative estimate of drug-likeness (QED) is 0.280. The first-order valence-electron chi connectivity index (χ1n) is 5.65. The second-order valence-corrected chi connectivity index (χ2v) is 7.30. The van der Waals surface area contributed by atoms with E-state index in [1.807, 2.05) is 0 Å². The van der Waals surface area contributed by atoms with Crippen LogP contribution in [0.25, 0.3) is 0 Å². The Morgan fingerprint density at radius 2 is 1.47 bits per heavy atom. The molecule has 0 bridgehead atoms. The Bertz CT molecular complexity index is 129. The van der Waals surface area contributed by atoms with Gasteiger partial charge in [0.25, 0.3) is 0 Å². The van der Waals surface area contributed by atoms with Crippen molar-refractivity contribution in [3.63, 3.8) is 0 Å². The van der Waals surface area contributed by atoms with Gasteiger partial charge < -0.3 is 9.47 Å². The van der Waals surface area contributed by atoms with Crippen molar-refractivity contribution in [1.82, 2.24) is 0 Å². The lowest BCUT2D eigenvalue weighted by molar-refractivity contribution is -0.113. The summed E-state index contributed by atoms with van der Waals surface area (Å²) in [6.45, 7) is 8.14. The molecule has 0 spiro atoms. The van der Waals surface area contributed by atoms with E-state index in [4.69, 9.17) is 9.47 Å². The summed E-state index contributed by atoms with van der Waals surface area (Å²) in [5.74, 6) is 0. The van der Waals surface area contributed by atoms with Crippen LogP contribution in [-0.4, -0.2) is 50.1 Å². The number of ether oxygens (including phenoxy) is 2. The van der Waals surface area contributed by atoms with E-state index in [-0.39, 0.29) is 32.6 Å². The lowest BCUT2D eigenvalue weighted by Crippen LogP contribution is -2.35. The van der Waals surface area contributed by atoms with Crippen LogP contribution in [0.4, 0.5) is 0 Å². The monoisotopic (exact) mass is 308 g/mol. The van der Waals surface area contributed by atoms with Gasteiger partial charge in [0.05, 0.1) is 13.2 Å². The van der Waals surface area contributed by atoms with Crippen molar-refractivity contribution in [2.24, 2.45) is 0 Å². The summed E-state index contributed by atoms with van der Waals surface area (Å²) in [4.78, 5) is 0. The van der Waals surface area contributed by atoms with Crippen LogP contribution in [0, 0.1) is 0 Å². The molecule has 0 saturated heterocycles.